The molecule has 0 bridgehead atoms. The van der Waals surface area contributed by atoms with Crippen LogP contribution in [0.4, 0.5) is 0 Å². The molecular formula is C19H28O4. The number of ether oxygens (including phenoxy) is 3. The number of benzene rings is 1. The van der Waals surface area contributed by atoms with Gasteiger partial charge in [0.15, 0.2) is 11.5 Å². The van der Waals surface area contributed by atoms with Crippen LogP contribution in [0, 0.1) is 5.92 Å². The SMILES string of the molecule is CC(C)CCCCCCCC(=O)OCc1ccc2c(c1)OCO2. The molecule has 0 N–H and O–H groups in total. The van der Waals surface area contributed by atoms with Crippen LogP contribution in [-0.4, -0.2) is 12.8 Å². The lowest BCUT2D eigenvalue weighted by Crippen LogP contribution is -2.04. The zero-order chi connectivity index (χ0) is 16.5. The number of fused-ring (bicyclic) bond motifs is 1. The van der Waals surface area contributed by atoms with E-state index in [0.29, 0.717) is 13.0 Å². The molecule has 4 nitrogen and oxygen atoms in total. The molecule has 23 heavy (non-hydrogen) atoms. The molecule has 0 spiro atoms. The van der Waals surface area contributed by atoms with Crippen molar-refractivity contribution >= 4 is 5.97 Å². The van der Waals surface area contributed by atoms with E-state index in [1.807, 2.05) is 18.2 Å². The zero-order valence-electron chi connectivity index (χ0n) is 14.3. The minimum absolute atomic E-state index is 0.121. The summed E-state index contributed by atoms with van der Waals surface area (Å²) in [4.78, 5) is 11.8. The van der Waals surface area contributed by atoms with Crippen molar-refractivity contribution in [3.8, 4) is 11.5 Å². The van der Waals surface area contributed by atoms with Gasteiger partial charge < -0.3 is 14.2 Å². The van der Waals surface area contributed by atoms with E-state index in [-0.39, 0.29) is 12.8 Å². The fourth-order valence-corrected chi connectivity index (χ4v) is 2.62. The van der Waals surface area contributed by atoms with Gasteiger partial charge in [0.1, 0.15) is 6.61 Å². The number of esters is 1. The Morgan fingerprint density at radius 3 is 2.65 bits per heavy atom. The molecule has 0 aromatic heterocycles. The van der Waals surface area contributed by atoms with Gasteiger partial charge in [0.25, 0.3) is 0 Å². The first-order valence-corrected chi connectivity index (χ1v) is 8.69. The van der Waals surface area contributed by atoms with Crippen molar-refractivity contribution in [2.75, 3.05) is 6.79 Å². The molecule has 1 aliphatic rings. The summed E-state index contributed by atoms with van der Waals surface area (Å²) in [6.45, 7) is 5.08. The Bertz CT molecular complexity index is 496. The number of unbranched alkanes of at least 4 members (excludes halogenated alkanes) is 4. The third kappa shape index (κ3) is 6.51. The quantitative estimate of drug-likeness (QED) is 0.457. The van der Waals surface area contributed by atoms with Gasteiger partial charge in [0.05, 0.1) is 0 Å². The van der Waals surface area contributed by atoms with Gasteiger partial charge in [-0.1, -0.05) is 52.0 Å². The molecule has 0 saturated carbocycles. The maximum absolute atomic E-state index is 11.8. The fraction of sp³-hybridized carbons (Fsp3) is 0.632. The van der Waals surface area contributed by atoms with E-state index < -0.39 is 0 Å². The molecule has 0 fully saturated rings. The highest BCUT2D eigenvalue weighted by Gasteiger charge is 2.13. The van der Waals surface area contributed by atoms with Crippen LogP contribution in [0.2, 0.25) is 0 Å². The van der Waals surface area contributed by atoms with Crippen molar-refractivity contribution < 1.29 is 19.0 Å². The topological polar surface area (TPSA) is 44.8 Å². The van der Waals surface area contributed by atoms with E-state index in [1.54, 1.807) is 0 Å². The molecule has 1 heterocycles. The summed E-state index contributed by atoms with van der Waals surface area (Å²) >= 11 is 0. The first-order chi connectivity index (χ1) is 11.1. The second-order valence-corrected chi connectivity index (χ2v) is 6.55. The maximum atomic E-state index is 11.8. The number of hydrogen-bond acceptors (Lipinski definition) is 4. The highest BCUT2D eigenvalue weighted by atomic mass is 16.7. The normalized spacial score (nSPS) is 12.7. The van der Waals surface area contributed by atoms with Crippen LogP contribution in [0.15, 0.2) is 18.2 Å². The Labute approximate surface area is 139 Å². The van der Waals surface area contributed by atoms with Crippen molar-refractivity contribution in [1.82, 2.24) is 0 Å². The second kappa shape index (κ2) is 9.43. The molecular weight excluding hydrogens is 292 g/mol. The Hall–Kier alpha value is -1.71. The molecule has 0 radical (unpaired) electrons. The van der Waals surface area contributed by atoms with E-state index in [4.69, 9.17) is 14.2 Å². The first-order valence-electron chi connectivity index (χ1n) is 8.69. The van der Waals surface area contributed by atoms with Crippen LogP contribution < -0.4 is 9.47 Å². The molecule has 1 aliphatic heterocycles. The van der Waals surface area contributed by atoms with Crippen molar-refractivity contribution in [3.63, 3.8) is 0 Å². The second-order valence-electron chi connectivity index (χ2n) is 6.55. The van der Waals surface area contributed by atoms with Gasteiger partial charge in [-0.2, -0.15) is 0 Å². The number of carbonyl (C=O) groups excluding carboxylic acids is 1. The molecule has 0 unspecified atom stereocenters. The number of carbonyl (C=O) groups is 1. The van der Waals surface area contributed by atoms with Gasteiger partial charge in [-0.05, 0) is 30.0 Å². The van der Waals surface area contributed by atoms with Crippen LogP contribution in [0.3, 0.4) is 0 Å². The summed E-state index contributed by atoms with van der Waals surface area (Å²) in [5.41, 5.74) is 0.927. The molecule has 0 atom stereocenters. The highest BCUT2D eigenvalue weighted by molar-refractivity contribution is 5.69. The summed E-state index contributed by atoms with van der Waals surface area (Å²) in [5.74, 6) is 2.14. The Balaban J connectivity index is 1.53. The lowest BCUT2D eigenvalue weighted by Gasteiger charge is -2.06. The van der Waals surface area contributed by atoms with Gasteiger partial charge in [-0.25, -0.2) is 0 Å². The van der Waals surface area contributed by atoms with Crippen molar-refractivity contribution in [2.45, 2.75) is 65.4 Å². The largest absolute Gasteiger partial charge is 0.461 e. The smallest absolute Gasteiger partial charge is 0.306 e. The van der Waals surface area contributed by atoms with Crippen molar-refractivity contribution in [3.05, 3.63) is 23.8 Å². The van der Waals surface area contributed by atoms with E-state index in [2.05, 4.69) is 13.8 Å². The molecule has 1 aromatic rings. The summed E-state index contributed by atoms with van der Waals surface area (Å²) < 4.78 is 15.9. The van der Waals surface area contributed by atoms with Crippen LogP contribution in [0.5, 0.6) is 11.5 Å². The minimum Gasteiger partial charge on any atom is -0.461 e. The summed E-state index contributed by atoms with van der Waals surface area (Å²) in [5, 5.41) is 0. The van der Waals surface area contributed by atoms with Crippen LogP contribution >= 0.6 is 0 Å². The third-order valence-electron chi connectivity index (χ3n) is 4.00. The maximum Gasteiger partial charge on any atom is 0.306 e. The van der Waals surface area contributed by atoms with Crippen LogP contribution in [0.25, 0.3) is 0 Å². The Morgan fingerprint density at radius 1 is 1.09 bits per heavy atom. The first kappa shape index (κ1) is 17.6. The standard InChI is InChI=1S/C19H28O4/c1-15(2)8-6-4-3-5-7-9-19(20)21-13-16-10-11-17-18(12-16)23-14-22-17/h10-12,15H,3-9,13-14H2,1-2H3. The van der Waals surface area contributed by atoms with E-state index in [9.17, 15) is 4.79 Å². The number of hydrogen-bond donors (Lipinski definition) is 0. The summed E-state index contributed by atoms with van der Waals surface area (Å²) in [7, 11) is 0. The minimum atomic E-state index is -0.121. The molecule has 128 valence electrons. The molecule has 2 rings (SSSR count). The Kier molecular flexibility index (Phi) is 7.24. The van der Waals surface area contributed by atoms with Gasteiger partial charge >= 0.3 is 5.97 Å². The van der Waals surface area contributed by atoms with E-state index in [1.165, 1.54) is 25.7 Å². The zero-order valence-corrected chi connectivity index (χ0v) is 14.3. The lowest BCUT2D eigenvalue weighted by atomic mass is 10.0. The van der Waals surface area contributed by atoms with E-state index >= 15 is 0 Å². The lowest BCUT2D eigenvalue weighted by molar-refractivity contribution is -0.145. The van der Waals surface area contributed by atoms with Crippen molar-refractivity contribution in [1.29, 1.82) is 0 Å². The van der Waals surface area contributed by atoms with Crippen LogP contribution in [-0.2, 0) is 16.1 Å². The van der Waals surface area contributed by atoms with Crippen LogP contribution in [0.1, 0.15) is 64.4 Å². The van der Waals surface area contributed by atoms with Gasteiger partial charge in [0, 0.05) is 6.42 Å². The average Bonchev–Trinajstić information content (AvgIpc) is 2.99. The predicted octanol–water partition coefficient (Wildman–Crippen LogP) is 4.85. The Morgan fingerprint density at radius 2 is 1.83 bits per heavy atom. The average molecular weight is 320 g/mol. The summed E-state index contributed by atoms with van der Waals surface area (Å²) in [6, 6.07) is 5.61. The molecule has 1 aromatic carbocycles. The summed E-state index contributed by atoms with van der Waals surface area (Å²) in [6.07, 6.45) is 7.62. The molecule has 0 saturated heterocycles. The number of rotatable bonds is 10. The fourth-order valence-electron chi connectivity index (χ4n) is 2.62. The van der Waals surface area contributed by atoms with Crippen molar-refractivity contribution in [2.24, 2.45) is 5.92 Å². The molecule has 0 amide bonds. The third-order valence-corrected chi connectivity index (χ3v) is 4.00. The predicted molar refractivity (Wildman–Crippen MR) is 89.5 cm³/mol. The van der Waals surface area contributed by atoms with E-state index in [0.717, 1.165) is 35.8 Å². The van der Waals surface area contributed by atoms with Gasteiger partial charge in [-0.15, -0.1) is 0 Å². The molecule has 0 aliphatic carbocycles. The van der Waals surface area contributed by atoms with Gasteiger partial charge in [-0.3, -0.25) is 4.79 Å². The van der Waals surface area contributed by atoms with Gasteiger partial charge in [0.2, 0.25) is 6.79 Å². The highest BCUT2D eigenvalue weighted by Crippen LogP contribution is 2.32. The molecule has 4 heteroatoms. The monoisotopic (exact) mass is 320 g/mol.